The van der Waals surface area contributed by atoms with Gasteiger partial charge < -0.3 is 5.32 Å². The molecule has 0 saturated heterocycles. The Balaban J connectivity index is 1.66. The molecule has 1 N–H and O–H groups in total. The minimum absolute atomic E-state index is 0.482. The zero-order valence-electron chi connectivity index (χ0n) is 13.1. The summed E-state index contributed by atoms with van der Waals surface area (Å²) < 4.78 is 0.959. The number of hydrogen-bond donors (Lipinski definition) is 1. The van der Waals surface area contributed by atoms with Crippen LogP contribution in [-0.4, -0.2) is 0 Å². The van der Waals surface area contributed by atoms with Gasteiger partial charge in [0.25, 0.3) is 0 Å². The molecular formula is C19H14Cl2IN3. The summed E-state index contributed by atoms with van der Waals surface area (Å²) >= 11 is 14.5. The Kier molecular flexibility index (Phi) is 6.29. The molecular weight excluding hydrogens is 468 g/mol. The third-order valence-corrected chi connectivity index (χ3v) is 4.65. The summed E-state index contributed by atoms with van der Waals surface area (Å²) in [5.74, 6) is 0. The lowest BCUT2D eigenvalue weighted by Crippen LogP contribution is -1.98. The summed E-state index contributed by atoms with van der Waals surface area (Å²) in [6.45, 7) is 0.773. The highest BCUT2D eigenvalue weighted by Gasteiger charge is 2.06. The highest BCUT2D eigenvalue weighted by atomic mass is 127. The van der Waals surface area contributed by atoms with E-state index in [1.807, 2.05) is 42.5 Å². The molecule has 3 aromatic rings. The van der Waals surface area contributed by atoms with E-state index in [-0.39, 0.29) is 0 Å². The van der Waals surface area contributed by atoms with Crippen molar-refractivity contribution in [3.63, 3.8) is 0 Å². The maximum atomic E-state index is 6.17. The van der Waals surface area contributed by atoms with Crippen LogP contribution >= 0.6 is 45.8 Å². The summed E-state index contributed by atoms with van der Waals surface area (Å²) in [5, 5.41) is 12.7. The summed E-state index contributed by atoms with van der Waals surface area (Å²) in [4.78, 5) is 0. The van der Waals surface area contributed by atoms with E-state index in [1.165, 1.54) is 5.56 Å². The van der Waals surface area contributed by atoms with E-state index in [0.29, 0.717) is 15.7 Å². The fraction of sp³-hybridized carbons (Fsp3) is 0.0526. The minimum atomic E-state index is 0.482. The average molecular weight is 482 g/mol. The van der Waals surface area contributed by atoms with Gasteiger partial charge in [0.05, 0.1) is 15.7 Å². The van der Waals surface area contributed by atoms with Crippen molar-refractivity contribution in [2.75, 3.05) is 5.32 Å². The average Bonchev–Trinajstić information content (AvgIpc) is 2.61. The van der Waals surface area contributed by atoms with E-state index in [9.17, 15) is 0 Å². The zero-order chi connectivity index (χ0) is 17.6. The first-order chi connectivity index (χ1) is 12.1. The first kappa shape index (κ1) is 18.2. The first-order valence-corrected chi connectivity index (χ1v) is 9.39. The molecule has 3 nitrogen and oxygen atoms in total. The van der Waals surface area contributed by atoms with Crippen molar-refractivity contribution in [3.8, 4) is 0 Å². The van der Waals surface area contributed by atoms with Gasteiger partial charge in [0.1, 0.15) is 5.69 Å². The molecule has 0 heterocycles. The summed E-state index contributed by atoms with van der Waals surface area (Å²) in [7, 11) is 0. The van der Waals surface area contributed by atoms with Gasteiger partial charge in [-0.15, -0.1) is 5.11 Å². The highest BCUT2D eigenvalue weighted by molar-refractivity contribution is 14.1. The molecule has 25 heavy (non-hydrogen) atoms. The zero-order valence-corrected chi connectivity index (χ0v) is 16.8. The topological polar surface area (TPSA) is 36.8 Å². The molecule has 0 bridgehead atoms. The van der Waals surface area contributed by atoms with Crippen LogP contribution in [0, 0.1) is 3.57 Å². The lowest BCUT2D eigenvalue weighted by atomic mass is 10.2. The van der Waals surface area contributed by atoms with Crippen LogP contribution in [0.4, 0.5) is 17.1 Å². The molecule has 126 valence electrons. The maximum Gasteiger partial charge on any atom is 0.123 e. The van der Waals surface area contributed by atoms with Crippen molar-refractivity contribution < 1.29 is 0 Å². The van der Waals surface area contributed by atoms with Crippen LogP contribution in [0.15, 0.2) is 77.0 Å². The largest absolute Gasteiger partial charge is 0.381 e. The number of nitrogens with one attached hydrogen (secondary N) is 1. The number of nitrogens with zero attached hydrogens (tertiary/aromatic N) is 2. The molecule has 0 aliphatic carbocycles. The van der Waals surface area contributed by atoms with Gasteiger partial charge in [-0.3, -0.25) is 0 Å². The fourth-order valence-electron chi connectivity index (χ4n) is 2.18. The van der Waals surface area contributed by atoms with Crippen molar-refractivity contribution in [2.45, 2.75) is 6.54 Å². The van der Waals surface area contributed by atoms with Gasteiger partial charge in [-0.1, -0.05) is 53.5 Å². The van der Waals surface area contributed by atoms with E-state index in [2.05, 4.69) is 50.3 Å². The second kappa shape index (κ2) is 8.65. The lowest BCUT2D eigenvalue weighted by Gasteiger charge is -2.06. The summed E-state index contributed by atoms with van der Waals surface area (Å²) in [6.07, 6.45) is 0. The fourth-order valence-corrected chi connectivity index (χ4v) is 3.74. The molecule has 0 aliphatic heterocycles. The number of benzene rings is 3. The van der Waals surface area contributed by atoms with E-state index in [1.54, 1.807) is 12.1 Å². The van der Waals surface area contributed by atoms with Crippen LogP contribution in [0.25, 0.3) is 0 Å². The first-order valence-electron chi connectivity index (χ1n) is 7.56. The van der Waals surface area contributed by atoms with Crippen molar-refractivity contribution in [2.24, 2.45) is 10.2 Å². The normalized spacial score (nSPS) is 11.0. The molecule has 0 radical (unpaired) electrons. The Morgan fingerprint density at radius 1 is 0.840 bits per heavy atom. The molecule has 6 heteroatoms. The van der Waals surface area contributed by atoms with Crippen molar-refractivity contribution in [1.82, 2.24) is 0 Å². The molecule has 0 saturated carbocycles. The van der Waals surface area contributed by atoms with Gasteiger partial charge in [0.15, 0.2) is 0 Å². The van der Waals surface area contributed by atoms with Crippen LogP contribution in [-0.2, 0) is 6.54 Å². The molecule has 0 unspecified atom stereocenters. The standard InChI is InChI=1S/C19H14Cl2IN3/c20-17-10-14(22)11-18(21)19(17)25-24-16-8-6-15(7-9-16)23-12-13-4-2-1-3-5-13/h1-11,23H,12H2/b25-24+. The van der Waals surface area contributed by atoms with Crippen LogP contribution in [0.2, 0.25) is 10.0 Å². The van der Waals surface area contributed by atoms with Crippen LogP contribution < -0.4 is 5.32 Å². The van der Waals surface area contributed by atoms with Crippen LogP contribution in [0.5, 0.6) is 0 Å². The van der Waals surface area contributed by atoms with Crippen molar-refractivity contribution in [1.29, 1.82) is 0 Å². The van der Waals surface area contributed by atoms with Gasteiger partial charge in [-0.05, 0) is 64.6 Å². The second-order valence-corrected chi connectivity index (χ2v) is 7.36. The monoisotopic (exact) mass is 481 g/mol. The summed E-state index contributed by atoms with van der Waals surface area (Å²) in [6, 6.07) is 21.6. The van der Waals surface area contributed by atoms with E-state index < -0.39 is 0 Å². The van der Waals surface area contributed by atoms with E-state index in [0.717, 1.165) is 21.5 Å². The molecule has 0 amide bonds. The van der Waals surface area contributed by atoms with Gasteiger partial charge in [0.2, 0.25) is 0 Å². The van der Waals surface area contributed by atoms with Crippen LogP contribution in [0.1, 0.15) is 5.56 Å². The molecule has 0 atom stereocenters. The van der Waals surface area contributed by atoms with E-state index >= 15 is 0 Å². The molecule has 0 fully saturated rings. The molecule has 3 aromatic carbocycles. The Morgan fingerprint density at radius 3 is 2.12 bits per heavy atom. The third kappa shape index (κ3) is 5.17. The Morgan fingerprint density at radius 2 is 1.48 bits per heavy atom. The third-order valence-electron chi connectivity index (χ3n) is 3.45. The minimum Gasteiger partial charge on any atom is -0.381 e. The maximum absolute atomic E-state index is 6.17. The predicted octanol–water partition coefficient (Wildman–Crippen LogP) is 7.63. The smallest absolute Gasteiger partial charge is 0.123 e. The SMILES string of the molecule is Clc1cc(I)cc(Cl)c1/N=N/c1ccc(NCc2ccccc2)cc1. The number of halogens is 3. The lowest BCUT2D eigenvalue weighted by molar-refractivity contribution is 1.15. The predicted molar refractivity (Wildman–Crippen MR) is 114 cm³/mol. The Bertz CT molecular complexity index is 858. The van der Waals surface area contributed by atoms with Crippen molar-refractivity contribution in [3.05, 3.63) is 85.9 Å². The number of hydrogen-bond acceptors (Lipinski definition) is 3. The highest BCUT2D eigenvalue weighted by Crippen LogP contribution is 2.36. The molecule has 3 rings (SSSR count). The molecule has 0 spiro atoms. The number of rotatable bonds is 5. The van der Waals surface area contributed by atoms with Gasteiger partial charge >= 0.3 is 0 Å². The van der Waals surface area contributed by atoms with Crippen molar-refractivity contribution >= 4 is 62.9 Å². The number of anilines is 1. The van der Waals surface area contributed by atoms with Crippen LogP contribution in [0.3, 0.4) is 0 Å². The van der Waals surface area contributed by atoms with Gasteiger partial charge in [0, 0.05) is 15.8 Å². The van der Waals surface area contributed by atoms with Gasteiger partial charge in [-0.2, -0.15) is 5.11 Å². The van der Waals surface area contributed by atoms with E-state index in [4.69, 9.17) is 23.2 Å². The second-order valence-electron chi connectivity index (χ2n) is 5.30. The summed E-state index contributed by atoms with van der Waals surface area (Å²) in [5.41, 5.74) is 3.47. The van der Waals surface area contributed by atoms with Gasteiger partial charge in [-0.25, -0.2) is 0 Å². The quantitative estimate of drug-likeness (QED) is 0.295. The molecule has 0 aliphatic rings. The Hall–Kier alpha value is -1.63. The Labute approximate surface area is 170 Å². The molecule has 0 aromatic heterocycles. The number of azo groups is 1.